The number of benzene rings is 2. The number of nitro benzene ring substituents is 1. The molecule has 1 aromatic heterocycles. The highest BCUT2D eigenvalue weighted by Crippen LogP contribution is 2.25. The lowest BCUT2D eigenvalue weighted by Crippen LogP contribution is -2.46. The minimum absolute atomic E-state index is 0.0950. The minimum atomic E-state index is -0.391. The number of nitro groups is 1. The van der Waals surface area contributed by atoms with Crippen molar-refractivity contribution in [1.82, 2.24) is 4.90 Å². The molecule has 2 heterocycles. The van der Waals surface area contributed by atoms with E-state index in [-0.39, 0.29) is 11.3 Å². The van der Waals surface area contributed by atoms with E-state index in [4.69, 9.17) is 9.15 Å². The number of methoxy groups -OCH3 is 1. The molecule has 29 heavy (non-hydrogen) atoms. The van der Waals surface area contributed by atoms with Gasteiger partial charge in [-0.25, -0.2) is 4.79 Å². The molecule has 0 radical (unpaired) electrons. The van der Waals surface area contributed by atoms with Crippen molar-refractivity contribution in [2.24, 2.45) is 0 Å². The van der Waals surface area contributed by atoms with E-state index in [0.29, 0.717) is 12.1 Å². The molecule has 0 saturated carbocycles. The van der Waals surface area contributed by atoms with Crippen molar-refractivity contribution in [1.29, 1.82) is 0 Å². The number of rotatable bonds is 5. The second-order valence-corrected chi connectivity index (χ2v) is 6.99. The molecule has 2 aromatic carbocycles. The maximum Gasteiger partial charge on any atom is 0.336 e. The van der Waals surface area contributed by atoms with Crippen LogP contribution in [0.5, 0.6) is 5.75 Å². The summed E-state index contributed by atoms with van der Waals surface area (Å²) in [6.45, 7) is 3.90. The number of piperazine rings is 1. The lowest BCUT2D eigenvalue weighted by atomic mass is 10.1. The van der Waals surface area contributed by atoms with Crippen LogP contribution in [0.3, 0.4) is 0 Å². The quantitative estimate of drug-likeness (QED) is 0.373. The van der Waals surface area contributed by atoms with Crippen LogP contribution >= 0.6 is 0 Å². The number of hydrogen-bond acceptors (Lipinski definition) is 7. The fourth-order valence-electron chi connectivity index (χ4n) is 3.65. The highest BCUT2D eigenvalue weighted by Gasteiger charge is 2.19. The van der Waals surface area contributed by atoms with Crippen molar-refractivity contribution >= 4 is 22.3 Å². The maximum atomic E-state index is 11.9. The molecule has 0 bridgehead atoms. The Morgan fingerprint density at radius 1 is 1.07 bits per heavy atom. The van der Waals surface area contributed by atoms with Gasteiger partial charge in [0.15, 0.2) is 0 Å². The number of anilines is 1. The van der Waals surface area contributed by atoms with Crippen molar-refractivity contribution in [3.63, 3.8) is 0 Å². The van der Waals surface area contributed by atoms with Gasteiger partial charge in [0.2, 0.25) is 0 Å². The number of non-ortho nitro benzene ring substituents is 1. The molecule has 8 heteroatoms. The highest BCUT2D eigenvalue weighted by molar-refractivity contribution is 5.81. The summed E-state index contributed by atoms with van der Waals surface area (Å²) in [5.74, 6) is 0.718. The average molecular weight is 395 g/mol. The molecule has 3 aromatic rings. The largest absolute Gasteiger partial charge is 0.497 e. The van der Waals surface area contributed by atoms with E-state index in [9.17, 15) is 14.9 Å². The van der Waals surface area contributed by atoms with Gasteiger partial charge < -0.3 is 14.1 Å². The van der Waals surface area contributed by atoms with Gasteiger partial charge in [0.05, 0.1) is 12.0 Å². The smallest absolute Gasteiger partial charge is 0.336 e. The van der Waals surface area contributed by atoms with Gasteiger partial charge in [-0.15, -0.1) is 0 Å². The number of fused-ring (bicyclic) bond motifs is 1. The Kier molecular flexibility index (Phi) is 5.18. The Morgan fingerprint density at radius 3 is 2.45 bits per heavy atom. The molecule has 1 saturated heterocycles. The molecule has 4 rings (SSSR count). The molecule has 0 N–H and O–H groups in total. The van der Waals surface area contributed by atoms with E-state index in [2.05, 4.69) is 9.80 Å². The first-order chi connectivity index (χ1) is 14.0. The lowest BCUT2D eigenvalue weighted by Gasteiger charge is -2.36. The summed E-state index contributed by atoms with van der Waals surface area (Å²) < 4.78 is 10.6. The Bertz CT molecular complexity index is 1090. The summed E-state index contributed by atoms with van der Waals surface area (Å²) in [5.41, 5.74) is 2.18. The van der Waals surface area contributed by atoms with Gasteiger partial charge in [0.25, 0.3) is 5.69 Å². The van der Waals surface area contributed by atoms with Gasteiger partial charge in [-0.05, 0) is 35.9 Å². The topological polar surface area (TPSA) is 89.1 Å². The van der Waals surface area contributed by atoms with Crippen LogP contribution in [0, 0.1) is 10.1 Å². The van der Waals surface area contributed by atoms with Crippen LogP contribution in [0.2, 0.25) is 0 Å². The summed E-state index contributed by atoms with van der Waals surface area (Å²) in [5, 5.41) is 11.7. The van der Waals surface area contributed by atoms with E-state index >= 15 is 0 Å². The zero-order valence-electron chi connectivity index (χ0n) is 16.0. The van der Waals surface area contributed by atoms with Crippen LogP contribution in [0.15, 0.2) is 57.7 Å². The summed E-state index contributed by atoms with van der Waals surface area (Å²) in [6, 6.07) is 13.6. The van der Waals surface area contributed by atoms with Gasteiger partial charge in [-0.1, -0.05) is 0 Å². The van der Waals surface area contributed by atoms with E-state index in [1.165, 1.54) is 12.1 Å². The van der Waals surface area contributed by atoms with E-state index in [0.717, 1.165) is 48.6 Å². The molecular weight excluding hydrogens is 374 g/mol. The molecule has 0 atom stereocenters. The maximum absolute atomic E-state index is 11.9. The van der Waals surface area contributed by atoms with Crippen LogP contribution in [0.4, 0.5) is 11.4 Å². The zero-order chi connectivity index (χ0) is 20.4. The first-order valence-corrected chi connectivity index (χ1v) is 9.36. The molecule has 8 nitrogen and oxygen atoms in total. The van der Waals surface area contributed by atoms with Crippen LogP contribution in [0.25, 0.3) is 11.0 Å². The van der Waals surface area contributed by atoms with E-state index < -0.39 is 4.92 Å². The van der Waals surface area contributed by atoms with Crippen LogP contribution in [0.1, 0.15) is 5.56 Å². The lowest BCUT2D eigenvalue weighted by molar-refractivity contribution is -0.384. The second kappa shape index (κ2) is 7.92. The molecule has 0 aliphatic carbocycles. The fourth-order valence-corrected chi connectivity index (χ4v) is 3.65. The van der Waals surface area contributed by atoms with Crippen molar-refractivity contribution < 1.29 is 14.1 Å². The SMILES string of the molecule is COc1ccc2oc(=O)cc(CN3CCN(c4ccc([N+](=O)[O-])cc4)CC3)c2c1. The summed E-state index contributed by atoms with van der Waals surface area (Å²) in [6.07, 6.45) is 0. The van der Waals surface area contributed by atoms with Crippen molar-refractivity contribution in [3.05, 3.63) is 74.6 Å². The third kappa shape index (κ3) is 4.07. The Morgan fingerprint density at radius 2 is 1.79 bits per heavy atom. The summed E-state index contributed by atoms with van der Waals surface area (Å²) in [4.78, 5) is 26.9. The normalized spacial score (nSPS) is 14.9. The minimum Gasteiger partial charge on any atom is -0.497 e. The summed E-state index contributed by atoms with van der Waals surface area (Å²) >= 11 is 0. The van der Waals surface area contributed by atoms with E-state index in [1.807, 2.05) is 6.07 Å². The molecule has 1 aliphatic rings. The molecule has 0 amide bonds. The second-order valence-electron chi connectivity index (χ2n) is 6.99. The predicted octanol–water partition coefficient (Wildman–Crippen LogP) is 3.03. The molecular formula is C21H21N3O5. The number of nitrogens with zero attached hydrogens (tertiary/aromatic N) is 3. The molecule has 150 valence electrons. The Hall–Kier alpha value is -3.39. The molecule has 1 aliphatic heterocycles. The van der Waals surface area contributed by atoms with Gasteiger partial charge in [0.1, 0.15) is 11.3 Å². The van der Waals surface area contributed by atoms with E-state index in [1.54, 1.807) is 37.4 Å². The molecule has 0 spiro atoms. The predicted molar refractivity (Wildman–Crippen MR) is 110 cm³/mol. The van der Waals surface area contributed by atoms with Crippen molar-refractivity contribution in [3.8, 4) is 5.75 Å². The highest BCUT2D eigenvalue weighted by atomic mass is 16.6. The van der Waals surface area contributed by atoms with Crippen molar-refractivity contribution in [2.75, 3.05) is 38.2 Å². The Balaban J connectivity index is 1.47. The van der Waals surface area contributed by atoms with Crippen LogP contribution < -0.4 is 15.3 Å². The molecule has 1 fully saturated rings. The van der Waals surface area contributed by atoms with Crippen LogP contribution in [-0.4, -0.2) is 43.1 Å². The van der Waals surface area contributed by atoms with Gasteiger partial charge in [-0.3, -0.25) is 15.0 Å². The van der Waals surface area contributed by atoms with Gasteiger partial charge >= 0.3 is 5.63 Å². The fraction of sp³-hybridized carbons (Fsp3) is 0.286. The van der Waals surface area contributed by atoms with Crippen LogP contribution in [-0.2, 0) is 6.54 Å². The number of hydrogen-bond donors (Lipinski definition) is 0. The Labute approximate surface area is 167 Å². The molecule has 0 unspecified atom stereocenters. The summed E-state index contributed by atoms with van der Waals surface area (Å²) in [7, 11) is 1.61. The van der Waals surface area contributed by atoms with Gasteiger partial charge in [0, 0.05) is 62.0 Å². The number of ether oxygens (including phenoxy) is 1. The monoisotopic (exact) mass is 395 g/mol. The third-order valence-electron chi connectivity index (χ3n) is 5.23. The first kappa shape index (κ1) is 18.9. The van der Waals surface area contributed by atoms with Gasteiger partial charge in [-0.2, -0.15) is 0 Å². The average Bonchev–Trinajstić information content (AvgIpc) is 2.74. The van der Waals surface area contributed by atoms with Crippen molar-refractivity contribution in [2.45, 2.75) is 6.54 Å². The third-order valence-corrected chi connectivity index (χ3v) is 5.23. The first-order valence-electron chi connectivity index (χ1n) is 9.36. The standard InChI is InChI=1S/C21H21N3O5/c1-28-18-6-7-20-19(13-18)15(12-21(25)29-20)14-22-8-10-23(11-9-22)16-2-4-17(5-3-16)24(26)27/h2-7,12-13H,8-11,14H2,1H3. The zero-order valence-corrected chi connectivity index (χ0v) is 16.0.